The molecule has 2 aromatic rings. The second-order valence-electron chi connectivity index (χ2n) is 6.20. The number of nitrogens with zero attached hydrogens (tertiary/aromatic N) is 2. The maximum atomic E-state index is 12.2. The molecule has 0 spiro atoms. The summed E-state index contributed by atoms with van der Waals surface area (Å²) in [5.74, 6) is -0.507. The van der Waals surface area contributed by atoms with Crippen molar-refractivity contribution in [2.75, 3.05) is 19.4 Å². The van der Waals surface area contributed by atoms with E-state index in [9.17, 15) is 19.7 Å². The number of nitrogens with one attached hydrogen (secondary N) is 2. The summed E-state index contributed by atoms with van der Waals surface area (Å²) in [6.45, 7) is 0. The minimum Gasteiger partial charge on any atom is -0.349 e. The molecule has 2 rings (SSSR count). The van der Waals surface area contributed by atoms with E-state index in [0.29, 0.717) is 18.5 Å². The highest BCUT2D eigenvalue weighted by Gasteiger charge is 2.13. The molecule has 0 radical (unpaired) electrons. The van der Waals surface area contributed by atoms with Crippen LogP contribution in [0.2, 0.25) is 0 Å². The van der Waals surface area contributed by atoms with Crippen molar-refractivity contribution in [3.8, 4) is 0 Å². The summed E-state index contributed by atoms with van der Waals surface area (Å²) in [6, 6.07) is 12.7. The van der Waals surface area contributed by atoms with Crippen molar-refractivity contribution in [1.29, 1.82) is 0 Å². The summed E-state index contributed by atoms with van der Waals surface area (Å²) in [4.78, 5) is 35.7. The molecular weight excluding hydrogens is 380 g/mol. The van der Waals surface area contributed by atoms with E-state index in [1.807, 2.05) is 18.2 Å². The van der Waals surface area contributed by atoms with Gasteiger partial charge in [0, 0.05) is 43.9 Å². The van der Waals surface area contributed by atoms with Crippen LogP contribution in [0.3, 0.4) is 0 Å². The van der Waals surface area contributed by atoms with Crippen LogP contribution < -0.4 is 10.6 Å². The highest BCUT2D eigenvalue weighted by Crippen LogP contribution is 2.14. The summed E-state index contributed by atoms with van der Waals surface area (Å²) in [7, 11) is 3.42. The molecule has 8 nitrogen and oxygen atoms in total. The number of nitro benzene ring substituents is 1. The standard InChI is InChI=1S/C19H20N4O4S/c1-22(2)17(24)10-9-13-5-3-7-15(11-13)20-19(28)21-18(25)14-6-4-8-16(12-14)23(26)27/h3-8,11-12H,9-10H2,1-2H3,(H2,20,21,25,28). The van der Waals surface area contributed by atoms with Crippen LogP contribution in [-0.2, 0) is 11.2 Å². The number of non-ortho nitro benzene ring substituents is 1. The van der Waals surface area contributed by atoms with Gasteiger partial charge in [0.15, 0.2) is 5.11 Å². The lowest BCUT2D eigenvalue weighted by molar-refractivity contribution is -0.384. The SMILES string of the molecule is CN(C)C(=O)CCc1cccc(NC(=S)NC(=O)c2cccc([N+](=O)[O-])c2)c1. The molecular formula is C19H20N4O4S. The lowest BCUT2D eigenvalue weighted by Crippen LogP contribution is -2.34. The Morgan fingerprint density at radius 1 is 1.14 bits per heavy atom. The third-order valence-corrected chi connectivity index (χ3v) is 4.06. The van der Waals surface area contributed by atoms with Crippen LogP contribution in [0.4, 0.5) is 11.4 Å². The van der Waals surface area contributed by atoms with Crippen molar-refractivity contribution in [1.82, 2.24) is 10.2 Å². The Balaban J connectivity index is 1.96. The molecule has 2 N–H and O–H groups in total. The topological polar surface area (TPSA) is 105 Å². The zero-order valence-electron chi connectivity index (χ0n) is 15.5. The molecule has 0 saturated carbocycles. The number of thiocarbonyl (C=S) groups is 1. The van der Waals surface area contributed by atoms with Crippen molar-refractivity contribution in [2.24, 2.45) is 0 Å². The number of benzene rings is 2. The molecule has 0 fully saturated rings. The fraction of sp³-hybridized carbons (Fsp3) is 0.211. The van der Waals surface area contributed by atoms with Crippen molar-refractivity contribution < 1.29 is 14.5 Å². The number of hydrogen-bond donors (Lipinski definition) is 2. The van der Waals surface area contributed by atoms with Gasteiger partial charge >= 0.3 is 0 Å². The minimum absolute atomic E-state index is 0.0399. The van der Waals surface area contributed by atoms with E-state index in [-0.39, 0.29) is 22.3 Å². The highest BCUT2D eigenvalue weighted by atomic mass is 32.1. The molecule has 0 aliphatic rings. The van der Waals surface area contributed by atoms with Gasteiger partial charge in [0.1, 0.15) is 0 Å². The first-order valence-corrected chi connectivity index (χ1v) is 8.83. The Bertz CT molecular complexity index is 914. The maximum Gasteiger partial charge on any atom is 0.270 e. The fourth-order valence-electron chi connectivity index (χ4n) is 2.38. The van der Waals surface area contributed by atoms with Gasteiger partial charge in [-0.1, -0.05) is 18.2 Å². The van der Waals surface area contributed by atoms with Crippen molar-refractivity contribution in [3.63, 3.8) is 0 Å². The van der Waals surface area contributed by atoms with E-state index in [1.165, 1.54) is 24.3 Å². The molecule has 0 atom stereocenters. The second kappa shape index (κ2) is 9.56. The van der Waals surface area contributed by atoms with Gasteiger partial charge < -0.3 is 10.2 Å². The number of carbonyl (C=O) groups is 2. The molecule has 0 aromatic heterocycles. The van der Waals surface area contributed by atoms with Crippen molar-refractivity contribution in [2.45, 2.75) is 12.8 Å². The van der Waals surface area contributed by atoms with Crippen LogP contribution >= 0.6 is 12.2 Å². The molecule has 9 heteroatoms. The van der Waals surface area contributed by atoms with Gasteiger partial charge in [-0.05, 0) is 42.4 Å². The first kappa shape index (κ1) is 21.0. The van der Waals surface area contributed by atoms with Crippen LogP contribution in [0.5, 0.6) is 0 Å². The van der Waals surface area contributed by atoms with Gasteiger partial charge in [-0.3, -0.25) is 25.0 Å². The Labute approximate surface area is 167 Å². The van der Waals surface area contributed by atoms with Gasteiger partial charge in [-0.2, -0.15) is 0 Å². The first-order chi connectivity index (χ1) is 13.3. The lowest BCUT2D eigenvalue weighted by atomic mass is 10.1. The van der Waals surface area contributed by atoms with Crippen LogP contribution in [0.25, 0.3) is 0 Å². The number of anilines is 1. The maximum absolute atomic E-state index is 12.2. The Morgan fingerprint density at radius 3 is 2.54 bits per heavy atom. The van der Waals surface area contributed by atoms with Crippen molar-refractivity contribution >= 4 is 40.5 Å². The molecule has 2 amide bonds. The predicted molar refractivity (Wildman–Crippen MR) is 110 cm³/mol. The summed E-state index contributed by atoms with van der Waals surface area (Å²) in [5.41, 5.74) is 1.58. The fourth-order valence-corrected chi connectivity index (χ4v) is 2.59. The monoisotopic (exact) mass is 400 g/mol. The number of hydrogen-bond acceptors (Lipinski definition) is 5. The Hall–Kier alpha value is -3.33. The highest BCUT2D eigenvalue weighted by molar-refractivity contribution is 7.80. The first-order valence-electron chi connectivity index (χ1n) is 8.42. The molecule has 0 unspecified atom stereocenters. The molecule has 2 aromatic carbocycles. The number of aryl methyl sites for hydroxylation is 1. The number of amides is 2. The van der Waals surface area contributed by atoms with E-state index in [2.05, 4.69) is 10.6 Å². The van der Waals surface area contributed by atoms with E-state index < -0.39 is 10.8 Å². The van der Waals surface area contributed by atoms with Gasteiger partial charge in [-0.15, -0.1) is 0 Å². The van der Waals surface area contributed by atoms with E-state index >= 15 is 0 Å². The third kappa shape index (κ3) is 6.13. The summed E-state index contributed by atoms with van der Waals surface area (Å²) in [6.07, 6.45) is 0.976. The summed E-state index contributed by atoms with van der Waals surface area (Å²) >= 11 is 5.14. The molecule has 0 saturated heterocycles. The van der Waals surface area contributed by atoms with E-state index in [4.69, 9.17) is 12.2 Å². The lowest BCUT2D eigenvalue weighted by Gasteiger charge is -2.12. The van der Waals surface area contributed by atoms with E-state index in [1.54, 1.807) is 25.1 Å². The van der Waals surface area contributed by atoms with Crippen LogP contribution in [0.1, 0.15) is 22.3 Å². The van der Waals surface area contributed by atoms with Crippen LogP contribution in [0.15, 0.2) is 48.5 Å². The smallest absolute Gasteiger partial charge is 0.270 e. The average molecular weight is 400 g/mol. The Morgan fingerprint density at radius 2 is 1.86 bits per heavy atom. The molecule has 0 heterocycles. The van der Waals surface area contributed by atoms with Crippen LogP contribution in [0, 0.1) is 10.1 Å². The minimum atomic E-state index is -0.570. The Kier molecular flexibility index (Phi) is 7.16. The number of nitro groups is 1. The van der Waals surface area contributed by atoms with Gasteiger partial charge in [0.05, 0.1) is 4.92 Å². The number of rotatable bonds is 6. The quantitative estimate of drug-likeness (QED) is 0.439. The van der Waals surface area contributed by atoms with Crippen LogP contribution in [-0.4, -0.2) is 40.8 Å². The third-order valence-electron chi connectivity index (χ3n) is 3.86. The molecule has 146 valence electrons. The second-order valence-corrected chi connectivity index (χ2v) is 6.61. The van der Waals surface area contributed by atoms with Gasteiger partial charge in [0.25, 0.3) is 11.6 Å². The predicted octanol–water partition coefficient (Wildman–Crippen LogP) is 2.74. The summed E-state index contributed by atoms with van der Waals surface area (Å²) < 4.78 is 0. The number of carbonyl (C=O) groups excluding carboxylic acids is 2. The van der Waals surface area contributed by atoms with Gasteiger partial charge in [-0.25, -0.2) is 0 Å². The van der Waals surface area contributed by atoms with Crippen molar-refractivity contribution in [3.05, 3.63) is 69.8 Å². The van der Waals surface area contributed by atoms with Gasteiger partial charge in [0.2, 0.25) is 5.91 Å². The zero-order valence-corrected chi connectivity index (χ0v) is 16.3. The molecule has 0 aliphatic carbocycles. The van der Waals surface area contributed by atoms with E-state index in [0.717, 1.165) is 5.56 Å². The zero-order chi connectivity index (χ0) is 20.7. The molecule has 28 heavy (non-hydrogen) atoms. The normalized spacial score (nSPS) is 10.1. The largest absolute Gasteiger partial charge is 0.349 e. The average Bonchev–Trinajstić information content (AvgIpc) is 2.66. The summed E-state index contributed by atoms with van der Waals surface area (Å²) in [5, 5.41) is 16.3. The molecule has 0 bridgehead atoms. The molecule has 0 aliphatic heterocycles.